The quantitative estimate of drug-likeness (QED) is 0.0212. The van der Waals surface area contributed by atoms with Crippen LogP contribution < -0.4 is 18.9 Å². The van der Waals surface area contributed by atoms with Crippen LogP contribution >= 0.6 is 0 Å². The zero-order valence-corrected chi connectivity index (χ0v) is 26.2. The summed E-state index contributed by atoms with van der Waals surface area (Å²) < 4.78 is 31.4. The van der Waals surface area contributed by atoms with Crippen LogP contribution in [0.2, 0.25) is 0 Å². The lowest BCUT2D eigenvalue weighted by atomic mass is 10.1. The van der Waals surface area contributed by atoms with Crippen LogP contribution in [0.5, 0.6) is 23.0 Å². The third kappa shape index (κ3) is 15.6. The monoisotopic (exact) mass is 622 g/mol. The number of rotatable bonds is 19. The number of esters is 2. The molecule has 3 aromatic rings. The predicted molar refractivity (Wildman–Crippen MR) is 170 cm³/mol. The first-order valence-electron chi connectivity index (χ1n) is 14.4. The van der Waals surface area contributed by atoms with Crippen LogP contribution in [-0.4, -0.2) is 58.9 Å². The molecule has 10 nitrogen and oxygen atoms in total. The third-order valence-electron chi connectivity index (χ3n) is 5.82. The summed E-state index contributed by atoms with van der Waals surface area (Å²) in [7, 11) is 1.58. The molecule has 0 aliphatic rings. The normalized spacial score (nSPS) is 10.1. The minimum absolute atomic E-state index is 0.238. The first-order chi connectivity index (χ1) is 21.9. The summed E-state index contributed by atoms with van der Waals surface area (Å²) in [5.74, 6) is 1.81. The van der Waals surface area contributed by atoms with Gasteiger partial charge in [-0.3, -0.25) is 0 Å². The predicted octanol–water partition coefficient (Wildman–Crippen LogP) is 6.59. The summed E-state index contributed by atoms with van der Waals surface area (Å²) in [5, 5.41) is 0. The summed E-state index contributed by atoms with van der Waals surface area (Å²) in [6, 6.07) is 19.6. The zero-order chi connectivity index (χ0) is 32.7. The molecule has 0 N–H and O–H groups in total. The second kappa shape index (κ2) is 22.0. The molecule has 3 rings (SSSR count). The molecule has 0 spiro atoms. The van der Waals surface area contributed by atoms with Crippen molar-refractivity contribution in [3.05, 3.63) is 109 Å². The van der Waals surface area contributed by atoms with Gasteiger partial charge in [0.25, 0.3) is 0 Å². The van der Waals surface area contributed by atoms with E-state index < -0.39 is 11.9 Å². The van der Waals surface area contributed by atoms with E-state index in [2.05, 4.69) is 13.2 Å². The number of hydrogen-bond donors (Lipinski definition) is 0. The van der Waals surface area contributed by atoms with E-state index in [1.165, 1.54) is 0 Å². The van der Waals surface area contributed by atoms with Crippen LogP contribution in [0, 0.1) is 13.8 Å². The molecule has 0 fully saturated rings. The number of hydrogen-bond acceptors (Lipinski definition) is 10. The summed E-state index contributed by atoms with van der Waals surface area (Å²) in [4.78, 5) is 32.8. The van der Waals surface area contributed by atoms with Gasteiger partial charge in [0.1, 0.15) is 29.6 Å². The molecular formula is C35H42O10. The number of ether oxygens (including phenoxy) is 6. The average molecular weight is 623 g/mol. The number of aryl methyl sites for hydroxylation is 2. The Hall–Kier alpha value is -4.64. The molecule has 0 amide bonds. The second-order valence-electron chi connectivity index (χ2n) is 9.35. The minimum atomic E-state index is -0.448. The molecule has 0 bridgehead atoms. The molecule has 10 heteroatoms. The summed E-state index contributed by atoms with van der Waals surface area (Å²) >= 11 is 0. The Morgan fingerprint density at radius 3 is 1.84 bits per heavy atom. The molecule has 0 saturated carbocycles. The highest BCUT2D eigenvalue weighted by molar-refractivity contribution is 5.91. The fourth-order valence-corrected chi connectivity index (χ4v) is 3.33. The van der Waals surface area contributed by atoms with Gasteiger partial charge in [0.2, 0.25) is 0 Å². The molecule has 0 saturated heterocycles. The number of carbonyl (C=O) groups excluding carboxylic acids is 2. The van der Waals surface area contributed by atoms with Gasteiger partial charge in [-0.2, -0.15) is 0 Å². The molecule has 45 heavy (non-hydrogen) atoms. The topological polar surface area (TPSA) is 108 Å². The first-order valence-corrected chi connectivity index (χ1v) is 14.4. The second-order valence-corrected chi connectivity index (χ2v) is 9.35. The molecular weight excluding hydrogens is 580 g/mol. The lowest BCUT2D eigenvalue weighted by Crippen LogP contribution is -2.09. The molecule has 0 atom stereocenters. The van der Waals surface area contributed by atoms with E-state index in [0.29, 0.717) is 49.9 Å². The van der Waals surface area contributed by atoms with E-state index in [1.807, 2.05) is 50.2 Å². The van der Waals surface area contributed by atoms with Gasteiger partial charge in [0.05, 0.1) is 32.0 Å². The highest BCUT2D eigenvalue weighted by Gasteiger charge is 2.09. The van der Waals surface area contributed by atoms with Gasteiger partial charge in [0.15, 0.2) is 6.79 Å². The number of carbonyl (C=O) groups is 2. The van der Waals surface area contributed by atoms with Crippen molar-refractivity contribution in [3.63, 3.8) is 0 Å². The van der Waals surface area contributed by atoms with Crippen LogP contribution in [-0.2, 0) is 24.0 Å². The van der Waals surface area contributed by atoms with Crippen molar-refractivity contribution in [1.29, 1.82) is 0 Å². The van der Waals surface area contributed by atoms with Crippen LogP contribution in [0.15, 0.2) is 92.0 Å². The van der Waals surface area contributed by atoms with Crippen molar-refractivity contribution in [1.82, 2.24) is 0 Å². The Kier molecular flexibility index (Phi) is 17.8. The van der Waals surface area contributed by atoms with Crippen molar-refractivity contribution in [2.45, 2.75) is 26.7 Å². The molecule has 0 aliphatic heterocycles. The van der Waals surface area contributed by atoms with E-state index in [1.54, 1.807) is 43.5 Å². The third-order valence-corrected chi connectivity index (χ3v) is 5.82. The number of methoxy groups -OCH3 is 1. The van der Waals surface area contributed by atoms with Gasteiger partial charge in [-0.25, -0.2) is 19.4 Å². The van der Waals surface area contributed by atoms with Crippen LogP contribution in [0.3, 0.4) is 0 Å². The molecule has 3 aromatic carbocycles. The van der Waals surface area contributed by atoms with Crippen molar-refractivity contribution in [2.24, 2.45) is 0 Å². The van der Waals surface area contributed by atoms with E-state index in [0.717, 1.165) is 35.1 Å². The highest BCUT2D eigenvalue weighted by atomic mass is 17.2. The molecule has 0 aliphatic carbocycles. The van der Waals surface area contributed by atoms with Crippen molar-refractivity contribution >= 4 is 11.9 Å². The van der Waals surface area contributed by atoms with Crippen molar-refractivity contribution in [2.75, 3.05) is 46.9 Å². The van der Waals surface area contributed by atoms with Gasteiger partial charge in [0, 0.05) is 26.0 Å². The largest absolute Gasteiger partial charge is 0.494 e. The lowest BCUT2D eigenvalue weighted by Gasteiger charge is -2.08. The van der Waals surface area contributed by atoms with Gasteiger partial charge in [-0.05, 0) is 85.6 Å². The fraction of sp³-hybridized carbons (Fsp3) is 0.314. The highest BCUT2D eigenvalue weighted by Crippen LogP contribution is 2.20. The summed E-state index contributed by atoms with van der Waals surface area (Å²) in [5.41, 5.74) is 2.65. The molecule has 0 radical (unpaired) electrons. The Morgan fingerprint density at radius 2 is 1.27 bits per heavy atom. The SMILES string of the molecule is C=CC(=O)OCCCOc1ccc(C(=O)Oc2ccc(C)c(C)c2)cc1.C=CCOOCCCOc1ccc(OCOC)cc1. The maximum Gasteiger partial charge on any atom is 0.343 e. The average Bonchev–Trinajstić information content (AvgIpc) is 3.06. The van der Waals surface area contributed by atoms with Crippen LogP contribution in [0.25, 0.3) is 0 Å². The molecule has 242 valence electrons. The maximum absolute atomic E-state index is 12.2. The van der Waals surface area contributed by atoms with E-state index in [9.17, 15) is 9.59 Å². The molecule has 0 heterocycles. The summed E-state index contributed by atoms with van der Waals surface area (Å²) in [6.45, 7) is 13.2. The van der Waals surface area contributed by atoms with Crippen LogP contribution in [0.1, 0.15) is 34.3 Å². The first kappa shape index (κ1) is 36.6. The standard InChI is InChI=1S/C21H22O5.C14H20O5/c1-4-20(22)25-13-5-12-24-18-10-7-17(8-11-18)21(23)26-19-9-6-15(2)16(3)14-19;1-3-9-18-19-11-4-10-16-13-5-7-14(8-6-13)17-12-15-2/h4,6-11,14H,1,5,12-13H2,2-3H3;3,5-8H,1,4,9-12H2,2H3. The van der Waals surface area contributed by atoms with Gasteiger partial charge < -0.3 is 28.4 Å². The Labute approximate surface area is 265 Å². The van der Waals surface area contributed by atoms with Gasteiger partial charge in [-0.1, -0.05) is 18.7 Å². The fourth-order valence-electron chi connectivity index (χ4n) is 3.33. The Bertz CT molecular complexity index is 1300. The number of benzene rings is 3. The van der Waals surface area contributed by atoms with E-state index in [-0.39, 0.29) is 13.4 Å². The van der Waals surface area contributed by atoms with Gasteiger partial charge in [-0.15, -0.1) is 6.58 Å². The van der Waals surface area contributed by atoms with Crippen molar-refractivity contribution in [3.8, 4) is 23.0 Å². The smallest absolute Gasteiger partial charge is 0.343 e. The molecule has 0 unspecified atom stereocenters. The Balaban J connectivity index is 0.000000330. The lowest BCUT2D eigenvalue weighted by molar-refractivity contribution is -0.287. The van der Waals surface area contributed by atoms with E-state index in [4.69, 9.17) is 38.2 Å². The zero-order valence-electron chi connectivity index (χ0n) is 26.2. The Morgan fingerprint density at radius 1 is 0.689 bits per heavy atom. The summed E-state index contributed by atoms with van der Waals surface area (Å²) in [6.07, 6.45) is 4.06. The van der Waals surface area contributed by atoms with Crippen molar-refractivity contribution < 1.29 is 47.8 Å². The van der Waals surface area contributed by atoms with Gasteiger partial charge >= 0.3 is 11.9 Å². The molecule has 0 aromatic heterocycles. The van der Waals surface area contributed by atoms with Crippen LogP contribution in [0.4, 0.5) is 0 Å². The minimum Gasteiger partial charge on any atom is -0.494 e. The maximum atomic E-state index is 12.2. The van der Waals surface area contributed by atoms with E-state index >= 15 is 0 Å².